The third-order valence-electron chi connectivity index (χ3n) is 5.20. The van der Waals surface area contributed by atoms with Crippen molar-refractivity contribution in [2.75, 3.05) is 6.26 Å². The minimum Gasteiger partial charge on any atom is -0.360 e. The maximum atomic E-state index is 13.3. The van der Waals surface area contributed by atoms with Gasteiger partial charge in [0.25, 0.3) is 0 Å². The SMILES string of the molecule is CS(=O)(=O)C(Cc1cc(Br)ccc1C(=O)c1cnoc1C1CC1)c1ccccc1. The van der Waals surface area contributed by atoms with Crippen molar-refractivity contribution in [3.8, 4) is 0 Å². The zero-order valence-corrected chi connectivity index (χ0v) is 18.2. The Morgan fingerprint density at radius 2 is 1.90 bits per heavy atom. The van der Waals surface area contributed by atoms with E-state index in [9.17, 15) is 13.2 Å². The molecule has 0 amide bonds. The van der Waals surface area contributed by atoms with Crippen molar-refractivity contribution in [3.63, 3.8) is 0 Å². The predicted octanol–water partition coefficient (Wildman–Crippen LogP) is 4.87. The fraction of sp³-hybridized carbons (Fsp3) is 0.273. The molecule has 1 heterocycles. The van der Waals surface area contributed by atoms with E-state index in [1.807, 2.05) is 24.3 Å². The van der Waals surface area contributed by atoms with E-state index >= 15 is 0 Å². The van der Waals surface area contributed by atoms with Gasteiger partial charge in [-0.3, -0.25) is 4.79 Å². The van der Waals surface area contributed by atoms with Crippen LogP contribution in [0.3, 0.4) is 0 Å². The zero-order chi connectivity index (χ0) is 20.6. The molecule has 1 aliphatic carbocycles. The predicted molar refractivity (Wildman–Crippen MR) is 114 cm³/mol. The second kappa shape index (κ2) is 7.88. The number of hydrogen-bond donors (Lipinski definition) is 0. The summed E-state index contributed by atoms with van der Waals surface area (Å²) >= 11 is 3.45. The maximum Gasteiger partial charge on any atom is 0.198 e. The highest BCUT2D eigenvalue weighted by Gasteiger charge is 2.33. The highest BCUT2D eigenvalue weighted by atomic mass is 79.9. The molecule has 2 aromatic carbocycles. The second-order valence-corrected chi connectivity index (χ2v) is 10.6. The molecule has 5 nitrogen and oxygen atoms in total. The van der Waals surface area contributed by atoms with Gasteiger partial charge in [0.1, 0.15) is 0 Å². The van der Waals surface area contributed by atoms with Crippen LogP contribution in [0.1, 0.15) is 56.8 Å². The van der Waals surface area contributed by atoms with Crippen molar-refractivity contribution in [1.82, 2.24) is 5.16 Å². The minimum atomic E-state index is -3.39. The van der Waals surface area contributed by atoms with Gasteiger partial charge in [-0.1, -0.05) is 51.4 Å². The first-order valence-electron chi connectivity index (χ1n) is 9.36. The maximum absolute atomic E-state index is 13.3. The van der Waals surface area contributed by atoms with Gasteiger partial charge >= 0.3 is 0 Å². The molecular formula is C22H20BrNO4S. The van der Waals surface area contributed by atoms with Crippen molar-refractivity contribution in [2.24, 2.45) is 0 Å². The quantitative estimate of drug-likeness (QED) is 0.457. The van der Waals surface area contributed by atoms with Crippen LogP contribution in [-0.4, -0.2) is 25.6 Å². The highest BCUT2D eigenvalue weighted by Crippen LogP contribution is 2.42. The van der Waals surface area contributed by atoms with Crippen LogP contribution in [0.4, 0.5) is 0 Å². The molecule has 0 aliphatic heterocycles. The van der Waals surface area contributed by atoms with E-state index in [1.165, 1.54) is 12.5 Å². The molecule has 1 aromatic heterocycles. The van der Waals surface area contributed by atoms with Crippen LogP contribution in [-0.2, 0) is 16.3 Å². The smallest absolute Gasteiger partial charge is 0.198 e. The van der Waals surface area contributed by atoms with Crippen LogP contribution in [0.2, 0.25) is 0 Å². The zero-order valence-electron chi connectivity index (χ0n) is 15.8. The van der Waals surface area contributed by atoms with E-state index < -0.39 is 15.1 Å². The first kappa shape index (κ1) is 20.0. The molecule has 0 radical (unpaired) electrons. The second-order valence-electron chi connectivity index (χ2n) is 7.44. The average Bonchev–Trinajstić information content (AvgIpc) is 3.42. The van der Waals surface area contributed by atoms with Gasteiger partial charge in [-0.25, -0.2) is 8.42 Å². The molecule has 150 valence electrons. The monoisotopic (exact) mass is 473 g/mol. The van der Waals surface area contributed by atoms with E-state index in [1.54, 1.807) is 24.3 Å². The van der Waals surface area contributed by atoms with Crippen molar-refractivity contribution in [1.29, 1.82) is 0 Å². The molecule has 3 aromatic rings. The number of sulfone groups is 1. The fourth-order valence-electron chi connectivity index (χ4n) is 3.54. The molecule has 0 saturated heterocycles. The molecule has 1 unspecified atom stereocenters. The minimum absolute atomic E-state index is 0.184. The van der Waals surface area contributed by atoms with Gasteiger partial charge in [-0.2, -0.15) is 0 Å². The van der Waals surface area contributed by atoms with Crippen LogP contribution >= 0.6 is 15.9 Å². The summed E-state index contributed by atoms with van der Waals surface area (Å²) in [7, 11) is -3.39. The number of nitrogens with zero attached hydrogens (tertiary/aromatic N) is 1. The number of hydrogen-bond acceptors (Lipinski definition) is 5. The summed E-state index contributed by atoms with van der Waals surface area (Å²) in [5.41, 5.74) is 2.32. The van der Waals surface area contributed by atoms with Crippen molar-refractivity contribution in [2.45, 2.75) is 30.4 Å². The summed E-state index contributed by atoms with van der Waals surface area (Å²) in [6.07, 6.45) is 4.88. The topological polar surface area (TPSA) is 77.2 Å². The van der Waals surface area contributed by atoms with E-state index in [4.69, 9.17) is 4.52 Å². The van der Waals surface area contributed by atoms with Crippen molar-refractivity contribution >= 4 is 31.6 Å². The highest BCUT2D eigenvalue weighted by molar-refractivity contribution is 9.10. The summed E-state index contributed by atoms with van der Waals surface area (Å²) in [5.74, 6) is 0.700. The number of ketones is 1. The Morgan fingerprint density at radius 1 is 1.17 bits per heavy atom. The Kier molecular flexibility index (Phi) is 5.44. The number of aromatic nitrogens is 1. The lowest BCUT2D eigenvalue weighted by atomic mass is 9.94. The molecule has 0 bridgehead atoms. The van der Waals surface area contributed by atoms with Crippen LogP contribution in [0.25, 0.3) is 0 Å². The number of benzene rings is 2. The van der Waals surface area contributed by atoms with Gasteiger partial charge in [-0.05, 0) is 48.6 Å². The van der Waals surface area contributed by atoms with Crippen LogP contribution < -0.4 is 0 Å². The van der Waals surface area contributed by atoms with Crippen LogP contribution in [0.15, 0.2) is 63.7 Å². The van der Waals surface area contributed by atoms with Gasteiger partial charge in [0, 0.05) is 22.2 Å². The van der Waals surface area contributed by atoms with E-state index in [0.29, 0.717) is 28.0 Å². The van der Waals surface area contributed by atoms with Gasteiger partial charge < -0.3 is 4.52 Å². The Hall–Kier alpha value is -2.25. The lowest BCUT2D eigenvalue weighted by molar-refractivity contribution is 0.103. The average molecular weight is 474 g/mol. The number of carbonyl (C=O) groups excluding carboxylic acids is 1. The Morgan fingerprint density at radius 3 is 2.55 bits per heavy atom. The molecule has 29 heavy (non-hydrogen) atoms. The molecule has 1 atom stereocenters. The van der Waals surface area contributed by atoms with Gasteiger partial charge in [0.2, 0.25) is 0 Å². The molecule has 4 rings (SSSR count). The first-order valence-corrected chi connectivity index (χ1v) is 12.1. The van der Waals surface area contributed by atoms with Gasteiger partial charge in [0.05, 0.1) is 17.0 Å². The van der Waals surface area contributed by atoms with E-state index in [2.05, 4.69) is 21.1 Å². The molecule has 1 fully saturated rings. The van der Waals surface area contributed by atoms with Gasteiger partial charge in [0.15, 0.2) is 21.4 Å². The van der Waals surface area contributed by atoms with Gasteiger partial charge in [-0.15, -0.1) is 0 Å². The molecule has 1 saturated carbocycles. The van der Waals surface area contributed by atoms with Crippen molar-refractivity contribution in [3.05, 3.63) is 87.2 Å². The van der Waals surface area contributed by atoms with Crippen LogP contribution in [0, 0.1) is 0 Å². The third kappa shape index (κ3) is 4.36. The Labute approximate surface area is 178 Å². The fourth-order valence-corrected chi connectivity index (χ4v) is 5.08. The summed E-state index contributed by atoms with van der Waals surface area (Å²) in [6.45, 7) is 0. The van der Waals surface area contributed by atoms with E-state index in [0.717, 1.165) is 17.3 Å². The van der Waals surface area contributed by atoms with Crippen LogP contribution in [0.5, 0.6) is 0 Å². The number of rotatable bonds is 7. The molecule has 1 aliphatic rings. The van der Waals surface area contributed by atoms with E-state index in [-0.39, 0.29) is 18.1 Å². The third-order valence-corrected chi connectivity index (χ3v) is 7.16. The molecule has 7 heteroatoms. The molecule has 0 N–H and O–H groups in total. The first-order chi connectivity index (χ1) is 13.8. The van der Waals surface area contributed by atoms with Crippen molar-refractivity contribution < 1.29 is 17.7 Å². The normalized spacial score (nSPS) is 15.2. The summed E-state index contributed by atoms with van der Waals surface area (Å²) in [4.78, 5) is 13.3. The molecular weight excluding hydrogens is 454 g/mol. The summed E-state index contributed by atoms with van der Waals surface area (Å²) < 4.78 is 31.2. The Balaban J connectivity index is 1.75. The number of halogens is 1. The summed E-state index contributed by atoms with van der Waals surface area (Å²) in [6, 6.07) is 14.4. The lowest BCUT2D eigenvalue weighted by Gasteiger charge is -2.18. The standard InChI is InChI=1S/C22H20BrNO4S/c1-29(26,27)20(14-5-3-2-4-6-14)12-16-11-17(23)9-10-18(16)21(25)19-13-24-28-22(19)15-7-8-15/h2-6,9-11,13,15,20H,7-8,12H2,1H3. The number of carbonyl (C=O) groups is 1. The largest absolute Gasteiger partial charge is 0.360 e. The Bertz CT molecular complexity index is 1150. The summed E-state index contributed by atoms with van der Waals surface area (Å²) in [5, 5.41) is 3.08. The molecule has 0 spiro atoms. The lowest BCUT2D eigenvalue weighted by Crippen LogP contribution is -2.16.